The first-order chi connectivity index (χ1) is 6.52. The molecule has 2 N–H and O–H groups in total. The standard InChI is InChI=1S/C9H17NO3S/c10-8-2-4-13-9(6-8)3-1-5-14(11,12)7-9/h8H,1-7,10H2. The van der Waals surface area contributed by atoms with Crippen molar-refractivity contribution in [2.75, 3.05) is 18.1 Å². The highest BCUT2D eigenvalue weighted by atomic mass is 32.2. The van der Waals surface area contributed by atoms with Crippen LogP contribution < -0.4 is 5.73 Å². The first kappa shape index (κ1) is 10.4. The zero-order chi connectivity index (χ0) is 10.2. The summed E-state index contributed by atoms with van der Waals surface area (Å²) in [6.07, 6.45) is 3.11. The fourth-order valence-corrected chi connectivity index (χ4v) is 4.38. The van der Waals surface area contributed by atoms with Gasteiger partial charge >= 0.3 is 0 Å². The van der Waals surface area contributed by atoms with Crippen LogP contribution in [0.5, 0.6) is 0 Å². The Hall–Kier alpha value is -0.130. The molecule has 2 aliphatic rings. The van der Waals surface area contributed by atoms with E-state index in [1.165, 1.54) is 0 Å². The number of sulfone groups is 1. The third-order valence-corrected chi connectivity index (χ3v) is 4.98. The Bertz CT molecular complexity index is 310. The maximum absolute atomic E-state index is 11.5. The van der Waals surface area contributed by atoms with Gasteiger partial charge in [-0.15, -0.1) is 0 Å². The summed E-state index contributed by atoms with van der Waals surface area (Å²) < 4.78 is 28.7. The van der Waals surface area contributed by atoms with Crippen molar-refractivity contribution >= 4 is 9.84 Å². The van der Waals surface area contributed by atoms with Crippen LogP contribution in [0.25, 0.3) is 0 Å². The highest BCUT2D eigenvalue weighted by molar-refractivity contribution is 7.91. The maximum atomic E-state index is 11.5. The van der Waals surface area contributed by atoms with E-state index in [4.69, 9.17) is 10.5 Å². The fraction of sp³-hybridized carbons (Fsp3) is 1.00. The Morgan fingerprint density at radius 1 is 1.43 bits per heavy atom. The molecule has 2 saturated heterocycles. The molecule has 0 aromatic heterocycles. The molecule has 14 heavy (non-hydrogen) atoms. The summed E-state index contributed by atoms with van der Waals surface area (Å²) in [7, 11) is -2.89. The van der Waals surface area contributed by atoms with Gasteiger partial charge in [-0.25, -0.2) is 8.42 Å². The van der Waals surface area contributed by atoms with Crippen LogP contribution in [0.15, 0.2) is 0 Å². The van der Waals surface area contributed by atoms with Gasteiger partial charge in [-0.2, -0.15) is 0 Å². The zero-order valence-electron chi connectivity index (χ0n) is 8.24. The zero-order valence-corrected chi connectivity index (χ0v) is 9.05. The van der Waals surface area contributed by atoms with Gasteiger partial charge in [0, 0.05) is 12.6 Å². The number of hydrogen-bond donors (Lipinski definition) is 1. The number of hydrogen-bond acceptors (Lipinski definition) is 4. The largest absolute Gasteiger partial charge is 0.374 e. The minimum absolute atomic E-state index is 0.108. The van der Waals surface area contributed by atoms with Crippen LogP contribution in [0.3, 0.4) is 0 Å². The molecule has 2 heterocycles. The topological polar surface area (TPSA) is 69.4 Å². The highest BCUT2D eigenvalue weighted by Gasteiger charge is 2.42. The molecule has 5 heteroatoms. The normalized spacial score (nSPS) is 42.5. The van der Waals surface area contributed by atoms with E-state index < -0.39 is 15.4 Å². The highest BCUT2D eigenvalue weighted by Crippen LogP contribution is 2.34. The van der Waals surface area contributed by atoms with Crippen molar-refractivity contribution in [3.05, 3.63) is 0 Å². The third-order valence-electron chi connectivity index (χ3n) is 3.10. The fourth-order valence-electron chi connectivity index (χ4n) is 2.50. The van der Waals surface area contributed by atoms with E-state index in [2.05, 4.69) is 0 Å². The average molecular weight is 219 g/mol. The SMILES string of the molecule is NC1CCOC2(CCCS(=O)(=O)C2)C1. The van der Waals surface area contributed by atoms with Crippen LogP contribution in [-0.2, 0) is 14.6 Å². The van der Waals surface area contributed by atoms with Crippen LogP contribution in [0.2, 0.25) is 0 Å². The average Bonchev–Trinajstić information content (AvgIpc) is 2.00. The van der Waals surface area contributed by atoms with Gasteiger partial charge in [0.15, 0.2) is 9.84 Å². The molecular weight excluding hydrogens is 202 g/mol. The van der Waals surface area contributed by atoms with Crippen LogP contribution in [0, 0.1) is 0 Å². The second-order valence-corrected chi connectivity index (χ2v) is 6.66. The summed E-state index contributed by atoms with van der Waals surface area (Å²) in [5, 5.41) is 0. The molecule has 0 bridgehead atoms. The van der Waals surface area contributed by atoms with Gasteiger partial charge in [-0.1, -0.05) is 0 Å². The van der Waals surface area contributed by atoms with E-state index in [0.717, 1.165) is 19.3 Å². The Kier molecular flexibility index (Phi) is 2.57. The first-order valence-corrected chi connectivity index (χ1v) is 6.94. The van der Waals surface area contributed by atoms with E-state index in [-0.39, 0.29) is 11.8 Å². The van der Waals surface area contributed by atoms with Gasteiger partial charge in [0.2, 0.25) is 0 Å². The summed E-state index contributed by atoms with van der Waals surface area (Å²) in [6.45, 7) is 0.608. The molecule has 0 aliphatic carbocycles. The van der Waals surface area contributed by atoms with Crippen LogP contribution in [0.4, 0.5) is 0 Å². The van der Waals surface area contributed by atoms with E-state index in [1.807, 2.05) is 0 Å². The van der Waals surface area contributed by atoms with Crippen molar-refractivity contribution in [1.82, 2.24) is 0 Å². The van der Waals surface area contributed by atoms with Crippen molar-refractivity contribution in [1.29, 1.82) is 0 Å². The molecule has 0 amide bonds. The number of nitrogens with two attached hydrogens (primary N) is 1. The molecule has 2 atom stereocenters. The summed E-state index contributed by atoms with van der Waals surface area (Å²) in [4.78, 5) is 0. The first-order valence-electron chi connectivity index (χ1n) is 5.11. The summed E-state index contributed by atoms with van der Waals surface area (Å²) in [6, 6.07) is 0.108. The molecule has 2 fully saturated rings. The molecule has 0 aromatic carbocycles. The van der Waals surface area contributed by atoms with Crippen LogP contribution in [0.1, 0.15) is 25.7 Å². The van der Waals surface area contributed by atoms with E-state index in [0.29, 0.717) is 18.8 Å². The number of ether oxygens (including phenoxy) is 1. The van der Waals surface area contributed by atoms with Gasteiger partial charge in [0.25, 0.3) is 0 Å². The summed E-state index contributed by atoms with van der Waals surface area (Å²) >= 11 is 0. The minimum atomic E-state index is -2.89. The molecule has 0 aromatic rings. The van der Waals surface area contributed by atoms with Crippen molar-refractivity contribution < 1.29 is 13.2 Å². The molecule has 0 saturated carbocycles. The van der Waals surface area contributed by atoms with Crippen molar-refractivity contribution in [3.8, 4) is 0 Å². The molecule has 0 radical (unpaired) electrons. The smallest absolute Gasteiger partial charge is 0.153 e. The predicted octanol–water partition coefficient (Wildman–Crippen LogP) is 0.0715. The Morgan fingerprint density at radius 2 is 2.21 bits per heavy atom. The monoisotopic (exact) mass is 219 g/mol. The summed E-state index contributed by atoms with van der Waals surface area (Å²) in [5.41, 5.74) is 5.40. The molecular formula is C9H17NO3S. The van der Waals surface area contributed by atoms with Crippen molar-refractivity contribution in [3.63, 3.8) is 0 Å². The quantitative estimate of drug-likeness (QED) is 0.626. The van der Waals surface area contributed by atoms with Crippen LogP contribution in [-0.4, -0.2) is 38.2 Å². The molecule has 82 valence electrons. The molecule has 4 nitrogen and oxygen atoms in total. The summed E-state index contributed by atoms with van der Waals surface area (Å²) in [5.74, 6) is 0.487. The van der Waals surface area contributed by atoms with Crippen molar-refractivity contribution in [2.24, 2.45) is 5.73 Å². The molecule has 2 rings (SSSR count). The predicted molar refractivity (Wildman–Crippen MR) is 53.8 cm³/mol. The second-order valence-electron chi connectivity index (χ2n) is 4.48. The lowest BCUT2D eigenvalue weighted by atomic mass is 9.88. The maximum Gasteiger partial charge on any atom is 0.153 e. The van der Waals surface area contributed by atoms with Gasteiger partial charge in [-0.3, -0.25) is 0 Å². The minimum Gasteiger partial charge on any atom is -0.374 e. The lowest BCUT2D eigenvalue weighted by molar-refractivity contribution is -0.0759. The Morgan fingerprint density at radius 3 is 2.86 bits per heavy atom. The molecule has 2 unspecified atom stereocenters. The van der Waals surface area contributed by atoms with Crippen molar-refractivity contribution in [2.45, 2.75) is 37.3 Å². The van der Waals surface area contributed by atoms with Gasteiger partial charge in [0.05, 0.1) is 17.1 Å². The van der Waals surface area contributed by atoms with Gasteiger partial charge < -0.3 is 10.5 Å². The van der Waals surface area contributed by atoms with E-state index >= 15 is 0 Å². The Balaban J connectivity index is 2.14. The van der Waals surface area contributed by atoms with Gasteiger partial charge in [0.1, 0.15) is 0 Å². The lowest BCUT2D eigenvalue weighted by Gasteiger charge is -2.42. The lowest BCUT2D eigenvalue weighted by Crippen LogP contribution is -2.51. The third kappa shape index (κ3) is 2.10. The molecule has 2 aliphatic heterocycles. The van der Waals surface area contributed by atoms with E-state index in [9.17, 15) is 8.42 Å². The Labute approximate surface area is 84.7 Å². The second kappa shape index (κ2) is 3.47. The number of rotatable bonds is 0. The van der Waals surface area contributed by atoms with E-state index in [1.54, 1.807) is 0 Å². The van der Waals surface area contributed by atoms with Gasteiger partial charge in [-0.05, 0) is 25.7 Å². The van der Waals surface area contributed by atoms with Crippen LogP contribution >= 0.6 is 0 Å². The molecule has 1 spiro atoms.